The van der Waals surface area contributed by atoms with Crippen molar-refractivity contribution in [3.63, 3.8) is 0 Å². The number of hydrogen-bond donors (Lipinski definition) is 3. The molecule has 104 valence electrons. The monoisotopic (exact) mass is 283 g/mol. The molecule has 2 rings (SSSR count). The van der Waals surface area contributed by atoms with Gasteiger partial charge in [0.1, 0.15) is 0 Å². The average molecular weight is 283 g/mol. The van der Waals surface area contributed by atoms with Crippen LogP contribution in [0.4, 0.5) is 5.69 Å². The van der Waals surface area contributed by atoms with Gasteiger partial charge in [0.05, 0.1) is 36.8 Å². The van der Waals surface area contributed by atoms with E-state index in [0.29, 0.717) is 11.4 Å². The summed E-state index contributed by atoms with van der Waals surface area (Å²) in [4.78, 5) is 14.3. The van der Waals surface area contributed by atoms with Crippen LogP contribution in [0.3, 0.4) is 0 Å². The van der Waals surface area contributed by atoms with E-state index in [4.69, 9.17) is 5.11 Å². The second-order valence-corrected chi connectivity index (χ2v) is 5.55. The number of thioether (sulfide) groups is 1. The van der Waals surface area contributed by atoms with Crippen molar-refractivity contribution in [3.05, 3.63) is 23.8 Å². The SMILES string of the molecule is CC(O)c1ccc2c(c1)N(CC(O)CO)C(=O)CS2. The predicted molar refractivity (Wildman–Crippen MR) is 73.2 cm³/mol. The van der Waals surface area contributed by atoms with Crippen LogP contribution >= 0.6 is 11.8 Å². The Kier molecular flexibility index (Phi) is 4.46. The minimum absolute atomic E-state index is 0.0617. The summed E-state index contributed by atoms with van der Waals surface area (Å²) in [6.07, 6.45) is -1.58. The normalized spacial score (nSPS) is 18.1. The van der Waals surface area contributed by atoms with E-state index >= 15 is 0 Å². The van der Waals surface area contributed by atoms with Gasteiger partial charge in [-0.05, 0) is 24.6 Å². The lowest BCUT2D eigenvalue weighted by Crippen LogP contribution is -2.41. The largest absolute Gasteiger partial charge is 0.394 e. The van der Waals surface area contributed by atoms with Crippen molar-refractivity contribution < 1.29 is 20.1 Å². The minimum Gasteiger partial charge on any atom is -0.394 e. The summed E-state index contributed by atoms with van der Waals surface area (Å²) in [6, 6.07) is 5.45. The van der Waals surface area contributed by atoms with Crippen LogP contribution in [0.15, 0.2) is 23.1 Å². The average Bonchev–Trinajstić information content (AvgIpc) is 2.41. The number of amides is 1. The first kappa shape index (κ1) is 14.3. The van der Waals surface area contributed by atoms with Gasteiger partial charge >= 0.3 is 0 Å². The smallest absolute Gasteiger partial charge is 0.237 e. The molecule has 0 spiro atoms. The lowest BCUT2D eigenvalue weighted by atomic mass is 10.1. The zero-order chi connectivity index (χ0) is 14.0. The maximum Gasteiger partial charge on any atom is 0.237 e. The van der Waals surface area contributed by atoms with Crippen LogP contribution in [0.25, 0.3) is 0 Å². The first-order valence-electron chi connectivity index (χ1n) is 6.07. The van der Waals surface area contributed by atoms with Crippen molar-refractivity contribution in [2.75, 3.05) is 23.8 Å². The topological polar surface area (TPSA) is 81.0 Å². The number of aliphatic hydroxyl groups is 3. The Morgan fingerprint density at radius 3 is 2.79 bits per heavy atom. The summed E-state index contributed by atoms with van der Waals surface area (Å²) in [5, 5.41) is 28.0. The molecule has 0 bridgehead atoms. The van der Waals surface area contributed by atoms with Gasteiger partial charge in [0.15, 0.2) is 0 Å². The molecule has 2 unspecified atom stereocenters. The fourth-order valence-electron chi connectivity index (χ4n) is 1.95. The van der Waals surface area contributed by atoms with Crippen molar-refractivity contribution in [2.24, 2.45) is 0 Å². The number of carbonyl (C=O) groups excluding carboxylic acids is 1. The van der Waals surface area contributed by atoms with Gasteiger partial charge in [0, 0.05) is 4.90 Å². The van der Waals surface area contributed by atoms with Crippen LogP contribution < -0.4 is 4.90 Å². The number of nitrogens with zero attached hydrogens (tertiary/aromatic N) is 1. The number of carbonyl (C=O) groups is 1. The van der Waals surface area contributed by atoms with Crippen LogP contribution in [-0.2, 0) is 4.79 Å². The molecule has 19 heavy (non-hydrogen) atoms. The highest BCUT2D eigenvalue weighted by Crippen LogP contribution is 2.37. The molecule has 6 heteroatoms. The number of hydrogen-bond acceptors (Lipinski definition) is 5. The number of anilines is 1. The van der Waals surface area contributed by atoms with Crippen LogP contribution in [0, 0.1) is 0 Å². The van der Waals surface area contributed by atoms with Crippen molar-refractivity contribution in [1.82, 2.24) is 0 Å². The van der Waals surface area contributed by atoms with Gasteiger partial charge in [-0.2, -0.15) is 0 Å². The van der Waals surface area contributed by atoms with Crippen molar-refractivity contribution in [2.45, 2.75) is 24.0 Å². The van der Waals surface area contributed by atoms with Gasteiger partial charge in [0.2, 0.25) is 5.91 Å². The molecule has 0 radical (unpaired) electrons. The highest BCUT2D eigenvalue weighted by molar-refractivity contribution is 8.00. The Balaban J connectivity index is 2.35. The van der Waals surface area contributed by atoms with E-state index in [1.165, 1.54) is 16.7 Å². The Bertz CT molecular complexity index is 478. The van der Waals surface area contributed by atoms with Gasteiger partial charge in [-0.15, -0.1) is 11.8 Å². The quantitative estimate of drug-likeness (QED) is 0.751. The molecule has 0 fully saturated rings. The number of aliphatic hydroxyl groups excluding tert-OH is 3. The lowest BCUT2D eigenvalue weighted by Gasteiger charge is -2.31. The van der Waals surface area contributed by atoms with Gasteiger partial charge in [0.25, 0.3) is 0 Å². The molecule has 0 aliphatic carbocycles. The Labute approximate surface area is 115 Å². The molecule has 3 N–H and O–H groups in total. The molecule has 1 amide bonds. The Morgan fingerprint density at radius 1 is 1.42 bits per heavy atom. The molecule has 1 aliphatic rings. The highest BCUT2D eigenvalue weighted by atomic mass is 32.2. The first-order chi connectivity index (χ1) is 9.02. The zero-order valence-electron chi connectivity index (χ0n) is 10.6. The Hall–Kier alpha value is -1.08. The van der Waals surface area contributed by atoms with Crippen LogP contribution in [0.1, 0.15) is 18.6 Å². The summed E-state index contributed by atoms with van der Waals surface area (Å²) in [5.74, 6) is 0.215. The van der Waals surface area contributed by atoms with Crippen LogP contribution in [0.2, 0.25) is 0 Å². The van der Waals surface area contributed by atoms with E-state index in [2.05, 4.69) is 0 Å². The van der Waals surface area contributed by atoms with E-state index < -0.39 is 12.2 Å². The van der Waals surface area contributed by atoms with E-state index in [1.54, 1.807) is 13.0 Å². The second kappa shape index (κ2) is 5.92. The molecular formula is C13H17NO4S. The van der Waals surface area contributed by atoms with Crippen molar-refractivity contribution >= 4 is 23.4 Å². The molecule has 0 saturated heterocycles. The zero-order valence-corrected chi connectivity index (χ0v) is 11.4. The van der Waals surface area contributed by atoms with E-state index in [-0.39, 0.29) is 19.1 Å². The fraction of sp³-hybridized carbons (Fsp3) is 0.462. The standard InChI is InChI=1S/C13H17NO4S/c1-8(16)9-2-3-12-11(4-9)14(5-10(17)6-15)13(18)7-19-12/h2-4,8,10,15-17H,5-7H2,1H3. The van der Waals surface area contributed by atoms with Gasteiger partial charge in [-0.25, -0.2) is 0 Å². The third-order valence-corrected chi connectivity index (χ3v) is 4.06. The predicted octanol–water partition coefficient (Wildman–Crippen LogP) is 0.532. The molecule has 1 heterocycles. The summed E-state index contributed by atoms with van der Waals surface area (Å²) in [6.45, 7) is 1.33. The van der Waals surface area contributed by atoms with E-state index in [9.17, 15) is 15.0 Å². The number of benzene rings is 1. The van der Waals surface area contributed by atoms with E-state index in [1.807, 2.05) is 12.1 Å². The van der Waals surface area contributed by atoms with Crippen molar-refractivity contribution in [1.29, 1.82) is 0 Å². The number of β-amino-alcohol motifs (C(OH)–C–C–N with tert-alkyl or cyclic N) is 1. The van der Waals surface area contributed by atoms with E-state index in [0.717, 1.165) is 10.5 Å². The molecule has 1 aromatic rings. The van der Waals surface area contributed by atoms with Crippen LogP contribution in [0.5, 0.6) is 0 Å². The van der Waals surface area contributed by atoms with Crippen LogP contribution in [-0.4, -0.2) is 46.2 Å². The molecule has 1 aliphatic heterocycles. The van der Waals surface area contributed by atoms with Crippen molar-refractivity contribution in [3.8, 4) is 0 Å². The maximum atomic E-state index is 11.9. The highest BCUT2D eigenvalue weighted by Gasteiger charge is 2.27. The van der Waals surface area contributed by atoms with Gasteiger partial charge < -0.3 is 20.2 Å². The molecule has 1 aromatic carbocycles. The molecule has 5 nitrogen and oxygen atoms in total. The fourth-order valence-corrected chi connectivity index (χ4v) is 2.86. The summed E-state index contributed by atoms with van der Waals surface area (Å²) < 4.78 is 0. The second-order valence-electron chi connectivity index (χ2n) is 4.53. The first-order valence-corrected chi connectivity index (χ1v) is 7.05. The molecule has 0 aromatic heterocycles. The Morgan fingerprint density at radius 2 is 2.16 bits per heavy atom. The number of fused-ring (bicyclic) bond motifs is 1. The third kappa shape index (κ3) is 3.09. The summed E-state index contributed by atoms with van der Waals surface area (Å²) in [5.41, 5.74) is 1.41. The van der Waals surface area contributed by atoms with Gasteiger partial charge in [-0.3, -0.25) is 4.79 Å². The molecular weight excluding hydrogens is 266 g/mol. The number of rotatable bonds is 4. The lowest BCUT2D eigenvalue weighted by molar-refractivity contribution is -0.116. The molecule has 2 atom stereocenters. The minimum atomic E-state index is -0.963. The maximum absolute atomic E-state index is 11.9. The summed E-state index contributed by atoms with van der Waals surface area (Å²) >= 11 is 1.44. The molecule has 0 saturated carbocycles. The third-order valence-electron chi connectivity index (χ3n) is 3.01. The van der Waals surface area contributed by atoms with Gasteiger partial charge in [-0.1, -0.05) is 6.07 Å². The summed E-state index contributed by atoms with van der Waals surface area (Å²) in [7, 11) is 0.